The number of hydrogen-bond donors (Lipinski definition) is 0. The second kappa shape index (κ2) is 3.73. The Morgan fingerprint density at radius 1 is 0.933 bits per heavy atom. The zero-order valence-electron chi connectivity index (χ0n) is 7.55. The molecule has 1 nitrogen and oxygen atoms in total. The summed E-state index contributed by atoms with van der Waals surface area (Å²) in [6, 6.07) is 4.64. The number of aromatic nitrogens is 1. The summed E-state index contributed by atoms with van der Waals surface area (Å²) >= 11 is 0. The van der Waals surface area contributed by atoms with E-state index in [2.05, 4.69) is 4.98 Å². The molecule has 2 aromatic rings. The van der Waals surface area contributed by atoms with Gasteiger partial charge in [-0.1, -0.05) is 6.07 Å². The fourth-order valence-corrected chi connectivity index (χ4v) is 1.30. The van der Waals surface area contributed by atoms with Gasteiger partial charge in [0, 0.05) is 18.0 Å². The number of hydrogen-bond acceptors (Lipinski definition) is 1. The number of nitrogens with zero attached hydrogens (tertiary/aromatic N) is 1. The zero-order valence-corrected chi connectivity index (χ0v) is 7.55. The van der Waals surface area contributed by atoms with Gasteiger partial charge in [0.25, 0.3) is 0 Å². The van der Waals surface area contributed by atoms with Gasteiger partial charge in [-0.15, -0.1) is 0 Å². The lowest BCUT2D eigenvalue weighted by Crippen LogP contribution is -1.94. The molecular weight excluding hydrogens is 203 g/mol. The molecule has 0 spiro atoms. The molecule has 0 amide bonds. The third-order valence-electron chi connectivity index (χ3n) is 1.99. The highest BCUT2D eigenvalue weighted by Gasteiger charge is 2.15. The third kappa shape index (κ3) is 1.70. The molecule has 2 rings (SSSR count). The Hall–Kier alpha value is -1.84. The fourth-order valence-electron chi connectivity index (χ4n) is 1.30. The average molecular weight is 209 g/mol. The molecule has 1 aromatic carbocycles. The second-order valence-electron chi connectivity index (χ2n) is 2.96. The molecule has 0 bridgehead atoms. The first kappa shape index (κ1) is 9.71. The van der Waals surface area contributed by atoms with Crippen LogP contribution in [0.2, 0.25) is 0 Å². The van der Waals surface area contributed by atoms with Crippen LogP contribution in [0.15, 0.2) is 36.7 Å². The molecule has 0 N–H and O–H groups in total. The van der Waals surface area contributed by atoms with Gasteiger partial charge in [0.05, 0.1) is 5.56 Å². The molecule has 0 saturated carbocycles. The molecular formula is C11H6F3N. The van der Waals surface area contributed by atoms with Crippen molar-refractivity contribution in [3.8, 4) is 11.1 Å². The fraction of sp³-hybridized carbons (Fsp3) is 0. The molecule has 4 heteroatoms. The number of benzene rings is 1. The van der Waals surface area contributed by atoms with Crippen LogP contribution >= 0.6 is 0 Å². The van der Waals surface area contributed by atoms with Gasteiger partial charge in [-0.3, -0.25) is 4.98 Å². The highest BCUT2D eigenvalue weighted by Crippen LogP contribution is 2.26. The molecule has 76 valence electrons. The summed E-state index contributed by atoms with van der Waals surface area (Å²) in [6.07, 6.45) is 2.75. The van der Waals surface area contributed by atoms with E-state index in [1.165, 1.54) is 24.5 Å². The van der Waals surface area contributed by atoms with Crippen LogP contribution < -0.4 is 0 Å². The van der Waals surface area contributed by atoms with E-state index < -0.39 is 17.5 Å². The van der Waals surface area contributed by atoms with Crippen LogP contribution in [-0.2, 0) is 0 Å². The van der Waals surface area contributed by atoms with Crippen LogP contribution in [0, 0.1) is 17.5 Å². The summed E-state index contributed by atoms with van der Waals surface area (Å²) in [5.41, 5.74) is -0.171. The first-order chi connectivity index (χ1) is 7.20. The summed E-state index contributed by atoms with van der Waals surface area (Å²) in [6.45, 7) is 0. The smallest absolute Gasteiger partial charge is 0.169 e. The van der Waals surface area contributed by atoms with Crippen LogP contribution in [0.5, 0.6) is 0 Å². The standard InChI is InChI=1S/C11H6F3N/c12-8-3-4-9(13)11(14)10(8)7-2-1-5-15-6-7/h1-6H. The van der Waals surface area contributed by atoms with Crippen LogP contribution in [0.25, 0.3) is 11.1 Å². The van der Waals surface area contributed by atoms with Crippen LogP contribution in [0.4, 0.5) is 13.2 Å². The van der Waals surface area contributed by atoms with E-state index in [0.29, 0.717) is 0 Å². The van der Waals surface area contributed by atoms with Crippen molar-refractivity contribution in [1.29, 1.82) is 0 Å². The number of halogens is 3. The maximum absolute atomic E-state index is 13.3. The third-order valence-corrected chi connectivity index (χ3v) is 1.99. The van der Waals surface area contributed by atoms with E-state index in [1.54, 1.807) is 0 Å². The second-order valence-corrected chi connectivity index (χ2v) is 2.96. The molecule has 0 fully saturated rings. The maximum Gasteiger partial charge on any atom is 0.169 e. The average Bonchev–Trinajstić information content (AvgIpc) is 2.26. The Balaban J connectivity index is 2.68. The zero-order chi connectivity index (χ0) is 10.8. The van der Waals surface area contributed by atoms with Gasteiger partial charge in [-0.2, -0.15) is 0 Å². The SMILES string of the molecule is Fc1ccc(F)c(-c2cccnc2)c1F. The van der Waals surface area contributed by atoms with Gasteiger partial charge in [0.15, 0.2) is 11.6 Å². The largest absolute Gasteiger partial charge is 0.264 e. The number of rotatable bonds is 1. The minimum absolute atomic E-state index is 0.215. The molecule has 1 aromatic heterocycles. The van der Waals surface area contributed by atoms with Crippen molar-refractivity contribution in [2.45, 2.75) is 0 Å². The molecule has 0 unspecified atom stereocenters. The molecule has 0 aliphatic carbocycles. The summed E-state index contributed by atoms with van der Waals surface area (Å²) in [4.78, 5) is 3.72. The normalized spacial score (nSPS) is 10.3. The van der Waals surface area contributed by atoms with Crippen LogP contribution in [0.1, 0.15) is 0 Å². The molecule has 0 aliphatic rings. The van der Waals surface area contributed by atoms with Gasteiger partial charge in [0.1, 0.15) is 5.82 Å². The Bertz CT molecular complexity index is 483. The van der Waals surface area contributed by atoms with Crippen molar-refractivity contribution in [2.24, 2.45) is 0 Å². The van der Waals surface area contributed by atoms with E-state index in [9.17, 15) is 13.2 Å². The Kier molecular flexibility index (Phi) is 2.41. The minimum atomic E-state index is -1.19. The first-order valence-corrected chi connectivity index (χ1v) is 4.24. The van der Waals surface area contributed by atoms with E-state index >= 15 is 0 Å². The van der Waals surface area contributed by atoms with Gasteiger partial charge in [-0.25, -0.2) is 13.2 Å². The lowest BCUT2D eigenvalue weighted by molar-refractivity contribution is 0.499. The van der Waals surface area contributed by atoms with Gasteiger partial charge >= 0.3 is 0 Å². The van der Waals surface area contributed by atoms with Crippen molar-refractivity contribution in [3.63, 3.8) is 0 Å². The lowest BCUT2D eigenvalue weighted by atomic mass is 10.1. The van der Waals surface area contributed by atoms with Crippen molar-refractivity contribution in [2.75, 3.05) is 0 Å². The first-order valence-electron chi connectivity index (χ1n) is 4.24. The van der Waals surface area contributed by atoms with Gasteiger partial charge in [0.2, 0.25) is 0 Å². The molecule has 1 heterocycles. The minimum Gasteiger partial charge on any atom is -0.264 e. The van der Waals surface area contributed by atoms with E-state index in [4.69, 9.17) is 0 Å². The van der Waals surface area contributed by atoms with Crippen molar-refractivity contribution >= 4 is 0 Å². The highest BCUT2D eigenvalue weighted by molar-refractivity contribution is 5.63. The summed E-state index contributed by atoms with van der Waals surface area (Å²) in [5.74, 6) is -3.07. The van der Waals surface area contributed by atoms with Crippen molar-refractivity contribution in [1.82, 2.24) is 4.98 Å². The molecule has 0 atom stereocenters. The van der Waals surface area contributed by atoms with E-state index in [0.717, 1.165) is 12.1 Å². The molecule has 15 heavy (non-hydrogen) atoms. The highest BCUT2D eigenvalue weighted by atomic mass is 19.2. The van der Waals surface area contributed by atoms with Crippen LogP contribution in [0.3, 0.4) is 0 Å². The van der Waals surface area contributed by atoms with Gasteiger partial charge < -0.3 is 0 Å². The monoisotopic (exact) mass is 209 g/mol. The summed E-state index contributed by atoms with van der Waals surface area (Å²) in [7, 11) is 0. The predicted molar refractivity (Wildman–Crippen MR) is 49.5 cm³/mol. The van der Waals surface area contributed by atoms with E-state index in [1.807, 2.05) is 0 Å². The lowest BCUT2D eigenvalue weighted by Gasteiger charge is -2.04. The quantitative estimate of drug-likeness (QED) is 0.657. The van der Waals surface area contributed by atoms with E-state index in [-0.39, 0.29) is 11.1 Å². The topological polar surface area (TPSA) is 12.9 Å². The Morgan fingerprint density at radius 3 is 2.33 bits per heavy atom. The summed E-state index contributed by atoms with van der Waals surface area (Å²) in [5, 5.41) is 0. The van der Waals surface area contributed by atoms with Gasteiger partial charge in [-0.05, 0) is 18.2 Å². The Morgan fingerprint density at radius 2 is 1.67 bits per heavy atom. The van der Waals surface area contributed by atoms with Crippen LogP contribution in [-0.4, -0.2) is 4.98 Å². The maximum atomic E-state index is 13.3. The molecule has 0 radical (unpaired) electrons. The number of pyridine rings is 1. The van der Waals surface area contributed by atoms with Crippen molar-refractivity contribution < 1.29 is 13.2 Å². The molecule has 0 saturated heterocycles. The predicted octanol–water partition coefficient (Wildman–Crippen LogP) is 3.17. The van der Waals surface area contributed by atoms with Crippen molar-refractivity contribution in [3.05, 3.63) is 54.1 Å². The Labute approximate surface area is 84.2 Å². The molecule has 0 aliphatic heterocycles. The summed E-state index contributed by atoms with van der Waals surface area (Å²) < 4.78 is 39.5.